The molecule has 1 aromatic heterocycles. The van der Waals surface area contributed by atoms with Crippen molar-refractivity contribution in [3.63, 3.8) is 0 Å². The number of hydrogen-bond acceptors (Lipinski definition) is 3. The number of likely N-dealkylation sites (tertiary alicyclic amines) is 1. The minimum Gasteiger partial charge on any atom is -0.350 e. The molecule has 1 aliphatic rings. The molecule has 1 aromatic rings. The van der Waals surface area contributed by atoms with E-state index in [0.29, 0.717) is 18.2 Å². The molecule has 18 heavy (non-hydrogen) atoms. The van der Waals surface area contributed by atoms with Crippen LogP contribution in [0.2, 0.25) is 0 Å². The van der Waals surface area contributed by atoms with Crippen LogP contribution in [-0.2, 0) is 0 Å². The van der Waals surface area contributed by atoms with E-state index in [1.165, 1.54) is 12.8 Å². The molecule has 0 aromatic carbocycles. The SMILES string of the molecule is C[C@@H](CNC(=O)c1cncc(Br)c1)N1CCCC1. The number of nitrogens with one attached hydrogen (secondary N) is 1. The highest BCUT2D eigenvalue weighted by atomic mass is 79.9. The molecule has 2 heterocycles. The Bertz CT molecular complexity index is 418. The Labute approximate surface area is 116 Å². The molecule has 5 heteroatoms. The highest BCUT2D eigenvalue weighted by Gasteiger charge is 2.18. The number of rotatable bonds is 4. The zero-order valence-corrected chi connectivity index (χ0v) is 12.1. The molecule has 1 atom stereocenters. The van der Waals surface area contributed by atoms with Gasteiger partial charge in [0.15, 0.2) is 0 Å². The minimum atomic E-state index is -0.0603. The van der Waals surface area contributed by atoms with Gasteiger partial charge in [0.25, 0.3) is 5.91 Å². The molecular weight excluding hydrogens is 294 g/mol. The van der Waals surface area contributed by atoms with Gasteiger partial charge in [0, 0.05) is 29.5 Å². The van der Waals surface area contributed by atoms with Crippen molar-refractivity contribution in [2.24, 2.45) is 0 Å². The molecule has 98 valence electrons. The number of hydrogen-bond donors (Lipinski definition) is 1. The second kappa shape index (κ2) is 6.29. The quantitative estimate of drug-likeness (QED) is 0.925. The summed E-state index contributed by atoms with van der Waals surface area (Å²) in [4.78, 5) is 18.3. The van der Waals surface area contributed by atoms with Gasteiger partial charge in [-0.1, -0.05) is 0 Å². The maximum Gasteiger partial charge on any atom is 0.252 e. The molecular formula is C13H18BrN3O. The van der Waals surface area contributed by atoms with Gasteiger partial charge in [-0.3, -0.25) is 14.7 Å². The number of aromatic nitrogens is 1. The maximum absolute atomic E-state index is 11.9. The van der Waals surface area contributed by atoms with Crippen LogP contribution >= 0.6 is 15.9 Å². The van der Waals surface area contributed by atoms with Gasteiger partial charge in [0.1, 0.15) is 0 Å². The fourth-order valence-electron chi connectivity index (χ4n) is 2.19. The first-order valence-corrected chi connectivity index (χ1v) is 7.09. The second-order valence-corrected chi connectivity index (χ2v) is 5.61. The van der Waals surface area contributed by atoms with Crippen molar-refractivity contribution in [2.45, 2.75) is 25.8 Å². The standard InChI is InChI=1S/C13H18BrN3O/c1-10(17-4-2-3-5-17)7-16-13(18)11-6-12(14)9-15-8-11/h6,8-10H,2-5,7H2,1H3,(H,16,18)/t10-/m0/s1. The van der Waals surface area contributed by atoms with Crippen molar-refractivity contribution >= 4 is 21.8 Å². The normalized spacial score (nSPS) is 17.7. The van der Waals surface area contributed by atoms with E-state index in [9.17, 15) is 4.79 Å². The topological polar surface area (TPSA) is 45.2 Å². The fraction of sp³-hybridized carbons (Fsp3) is 0.538. The molecule has 1 saturated heterocycles. The summed E-state index contributed by atoms with van der Waals surface area (Å²) in [6, 6.07) is 2.18. The summed E-state index contributed by atoms with van der Waals surface area (Å²) < 4.78 is 0.822. The molecule has 1 aliphatic heterocycles. The monoisotopic (exact) mass is 311 g/mol. The average Bonchev–Trinajstić information content (AvgIpc) is 2.89. The molecule has 4 nitrogen and oxygen atoms in total. The van der Waals surface area contributed by atoms with Gasteiger partial charge in [0.05, 0.1) is 5.56 Å². The Kier molecular flexibility index (Phi) is 4.72. The molecule has 1 amide bonds. The summed E-state index contributed by atoms with van der Waals surface area (Å²) in [5.74, 6) is -0.0603. The van der Waals surface area contributed by atoms with Gasteiger partial charge < -0.3 is 5.32 Å². The predicted molar refractivity (Wildman–Crippen MR) is 74.5 cm³/mol. The van der Waals surface area contributed by atoms with E-state index < -0.39 is 0 Å². The van der Waals surface area contributed by atoms with Gasteiger partial charge >= 0.3 is 0 Å². The molecule has 0 radical (unpaired) electrons. The average molecular weight is 312 g/mol. The largest absolute Gasteiger partial charge is 0.350 e. The van der Waals surface area contributed by atoms with Crippen molar-refractivity contribution in [3.05, 3.63) is 28.5 Å². The molecule has 2 rings (SSSR count). The Balaban J connectivity index is 1.84. The van der Waals surface area contributed by atoms with Crippen molar-refractivity contribution in [3.8, 4) is 0 Å². The van der Waals surface area contributed by atoms with Gasteiger partial charge in [0.2, 0.25) is 0 Å². The van der Waals surface area contributed by atoms with Crippen LogP contribution in [0.15, 0.2) is 22.9 Å². The van der Waals surface area contributed by atoms with E-state index in [4.69, 9.17) is 0 Å². The zero-order valence-electron chi connectivity index (χ0n) is 10.5. The number of amides is 1. The van der Waals surface area contributed by atoms with E-state index in [2.05, 4.69) is 38.1 Å². The highest BCUT2D eigenvalue weighted by Crippen LogP contribution is 2.12. The predicted octanol–water partition coefficient (Wildman–Crippen LogP) is 2.06. The number of nitrogens with zero attached hydrogens (tertiary/aromatic N) is 2. The lowest BCUT2D eigenvalue weighted by atomic mass is 10.2. The number of carbonyl (C=O) groups excluding carboxylic acids is 1. The van der Waals surface area contributed by atoms with Gasteiger partial charge in [-0.2, -0.15) is 0 Å². The Hall–Kier alpha value is -0.940. The van der Waals surface area contributed by atoms with Crippen LogP contribution in [-0.4, -0.2) is 41.5 Å². The van der Waals surface area contributed by atoms with Crippen LogP contribution in [0, 0.1) is 0 Å². The minimum absolute atomic E-state index is 0.0603. The van der Waals surface area contributed by atoms with Crippen LogP contribution in [0.5, 0.6) is 0 Å². The second-order valence-electron chi connectivity index (χ2n) is 4.69. The third-order valence-electron chi connectivity index (χ3n) is 3.29. The van der Waals surface area contributed by atoms with E-state index in [1.54, 1.807) is 18.5 Å². The molecule has 0 unspecified atom stereocenters. The Morgan fingerprint density at radius 2 is 2.22 bits per heavy atom. The molecule has 0 bridgehead atoms. The summed E-state index contributed by atoms with van der Waals surface area (Å²) >= 11 is 3.31. The number of halogens is 1. The van der Waals surface area contributed by atoms with E-state index in [0.717, 1.165) is 17.6 Å². The van der Waals surface area contributed by atoms with E-state index in [-0.39, 0.29) is 5.91 Å². The Morgan fingerprint density at radius 1 is 1.50 bits per heavy atom. The summed E-state index contributed by atoms with van der Waals surface area (Å²) in [6.07, 6.45) is 5.80. The van der Waals surface area contributed by atoms with E-state index in [1.807, 2.05) is 0 Å². The Morgan fingerprint density at radius 3 is 2.89 bits per heavy atom. The van der Waals surface area contributed by atoms with Crippen LogP contribution in [0.25, 0.3) is 0 Å². The van der Waals surface area contributed by atoms with Gasteiger partial charge in [-0.25, -0.2) is 0 Å². The maximum atomic E-state index is 11.9. The molecule has 0 saturated carbocycles. The third kappa shape index (κ3) is 3.53. The highest BCUT2D eigenvalue weighted by molar-refractivity contribution is 9.10. The van der Waals surface area contributed by atoms with Crippen molar-refractivity contribution in [1.82, 2.24) is 15.2 Å². The smallest absolute Gasteiger partial charge is 0.252 e. The van der Waals surface area contributed by atoms with Gasteiger partial charge in [-0.15, -0.1) is 0 Å². The summed E-state index contributed by atoms with van der Waals surface area (Å²) in [5, 5.41) is 2.96. The molecule has 1 N–H and O–H groups in total. The van der Waals surface area contributed by atoms with Crippen LogP contribution in [0.1, 0.15) is 30.1 Å². The van der Waals surface area contributed by atoms with Crippen molar-refractivity contribution in [2.75, 3.05) is 19.6 Å². The summed E-state index contributed by atoms with van der Waals surface area (Å²) in [5.41, 5.74) is 0.595. The third-order valence-corrected chi connectivity index (χ3v) is 3.72. The fourth-order valence-corrected chi connectivity index (χ4v) is 2.55. The van der Waals surface area contributed by atoms with Crippen LogP contribution in [0.4, 0.5) is 0 Å². The lowest BCUT2D eigenvalue weighted by Crippen LogP contribution is -2.40. The molecule has 0 aliphatic carbocycles. The molecule has 0 spiro atoms. The summed E-state index contributed by atoms with van der Waals surface area (Å²) in [7, 11) is 0. The first kappa shape index (κ1) is 13.5. The van der Waals surface area contributed by atoms with E-state index >= 15 is 0 Å². The van der Waals surface area contributed by atoms with Crippen molar-refractivity contribution < 1.29 is 4.79 Å². The first-order chi connectivity index (χ1) is 8.66. The molecule has 1 fully saturated rings. The lowest BCUT2D eigenvalue weighted by Gasteiger charge is -2.23. The van der Waals surface area contributed by atoms with Crippen LogP contribution < -0.4 is 5.32 Å². The lowest BCUT2D eigenvalue weighted by molar-refractivity contribution is 0.0940. The summed E-state index contributed by atoms with van der Waals surface area (Å²) in [6.45, 7) is 5.14. The zero-order chi connectivity index (χ0) is 13.0. The van der Waals surface area contributed by atoms with Crippen molar-refractivity contribution in [1.29, 1.82) is 0 Å². The number of pyridine rings is 1. The van der Waals surface area contributed by atoms with Gasteiger partial charge in [-0.05, 0) is 54.9 Å². The van der Waals surface area contributed by atoms with Crippen LogP contribution in [0.3, 0.4) is 0 Å². The first-order valence-electron chi connectivity index (χ1n) is 6.29. The number of carbonyl (C=O) groups is 1.